The van der Waals surface area contributed by atoms with Crippen LogP contribution in [-0.4, -0.2) is 20.1 Å². The summed E-state index contributed by atoms with van der Waals surface area (Å²) in [4.78, 5) is 11.5. The lowest BCUT2D eigenvalue weighted by atomic mass is 9.83. The maximum atomic E-state index is 6.11. The van der Waals surface area contributed by atoms with Gasteiger partial charge in [0.1, 0.15) is 0 Å². The molecular weight excluding hydrogens is 254 g/mol. The third-order valence-electron chi connectivity index (χ3n) is 4.15. The van der Waals surface area contributed by atoms with Gasteiger partial charge < -0.3 is 15.2 Å². The van der Waals surface area contributed by atoms with Crippen LogP contribution in [0.1, 0.15) is 62.0 Å². The van der Waals surface area contributed by atoms with E-state index in [0.717, 1.165) is 30.3 Å². The van der Waals surface area contributed by atoms with Crippen LogP contribution in [0, 0.1) is 5.92 Å². The summed E-state index contributed by atoms with van der Waals surface area (Å²) in [6, 6.07) is -0.279. The minimum atomic E-state index is -0.279. The number of nitrogens with zero attached hydrogens (tertiary/aromatic N) is 3. The molecule has 1 saturated carbocycles. The molecule has 0 spiro atoms. The highest BCUT2D eigenvalue weighted by Crippen LogP contribution is 2.34. The third kappa shape index (κ3) is 2.90. The van der Waals surface area contributed by atoms with Crippen molar-refractivity contribution in [3.8, 4) is 0 Å². The molecule has 0 radical (unpaired) electrons. The molecule has 0 amide bonds. The van der Waals surface area contributed by atoms with Gasteiger partial charge in [0.25, 0.3) is 0 Å². The van der Waals surface area contributed by atoms with Crippen molar-refractivity contribution in [2.75, 3.05) is 0 Å². The van der Waals surface area contributed by atoms with Crippen molar-refractivity contribution in [3.05, 3.63) is 29.9 Å². The summed E-state index contributed by atoms with van der Waals surface area (Å²) in [5.74, 6) is 2.60. The number of hydrogen-bond donors (Lipinski definition) is 2. The van der Waals surface area contributed by atoms with E-state index in [1.807, 2.05) is 0 Å². The zero-order chi connectivity index (χ0) is 13.9. The lowest BCUT2D eigenvalue weighted by molar-refractivity contribution is 0.319. The van der Waals surface area contributed by atoms with E-state index in [-0.39, 0.29) is 6.04 Å². The molecule has 2 aromatic heterocycles. The third-order valence-corrected chi connectivity index (χ3v) is 4.15. The maximum Gasteiger partial charge on any atom is 0.243 e. The second-order valence-electron chi connectivity index (χ2n) is 5.84. The summed E-state index contributed by atoms with van der Waals surface area (Å²) >= 11 is 0. The highest BCUT2D eigenvalue weighted by molar-refractivity contribution is 5.04. The average Bonchev–Trinajstić information content (AvgIpc) is 3.10. The van der Waals surface area contributed by atoms with Crippen molar-refractivity contribution in [3.63, 3.8) is 0 Å². The molecule has 0 aromatic carbocycles. The van der Waals surface area contributed by atoms with Crippen LogP contribution in [0.2, 0.25) is 0 Å². The average molecular weight is 275 g/mol. The summed E-state index contributed by atoms with van der Waals surface area (Å²) < 4.78 is 5.33. The van der Waals surface area contributed by atoms with Crippen molar-refractivity contribution in [1.29, 1.82) is 0 Å². The molecule has 3 rings (SSSR count). The number of nitrogens with one attached hydrogen (secondary N) is 1. The number of aromatic amines is 1. The summed E-state index contributed by atoms with van der Waals surface area (Å²) in [6.45, 7) is 2.30. The molecule has 0 aliphatic heterocycles. The van der Waals surface area contributed by atoms with E-state index in [0.29, 0.717) is 18.2 Å². The zero-order valence-corrected chi connectivity index (χ0v) is 11.7. The number of hydrogen-bond acceptors (Lipinski definition) is 5. The Hall–Kier alpha value is -1.69. The highest BCUT2D eigenvalue weighted by Gasteiger charge is 2.25. The normalized spacial score (nSPS) is 24.7. The van der Waals surface area contributed by atoms with Gasteiger partial charge in [-0.15, -0.1) is 0 Å². The summed E-state index contributed by atoms with van der Waals surface area (Å²) in [5.41, 5.74) is 7.08. The Balaban J connectivity index is 1.64. The van der Waals surface area contributed by atoms with Crippen LogP contribution in [0.15, 0.2) is 17.0 Å². The quantitative estimate of drug-likeness (QED) is 0.893. The standard InChI is InChI=1S/C14H21N5O/c1-9-2-4-10(5-3-9)13-18-14(20-19-13)12(15)6-11-7-16-8-17-11/h7-10,12H,2-6,15H2,1H3,(H,16,17)/t9?,10?,12-/m0/s1. The Morgan fingerprint density at radius 1 is 1.40 bits per heavy atom. The molecule has 20 heavy (non-hydrogen) atoms. The van der Waals surface area contributed by atoms with Gasteiger partial charge in [-0.3, -0.25) is 0 Å². The predicted octanol–water partition coefficient (Wildman–Crippen LogP) is 2.33. The van der Waals surface area contributed by atoms with Gasteiger partial charge >= 0.3 is 0 Å². The summed E-state index contributed by atoms with van der Waals surface area (Å²) in [6.07, 6.45) is 8.82. The molecule has 3 N–H and O–H groups in total. The summed E-state index contributed by atoms with van der Waals surface area (Å²) in [7, 11) is 0. The smallest absolute Gasteiger partial charge is 0.243 e. The Morgan fingerprint density at radius 3 is 2.90 bits per heavy atom. The van der Waals surface area contributed by atoms with E-state index >= 15 is 0 Å². The molecule has 2 aromatic rings. The fraction of sp³-hybridized carbons (Fsp3) is 0.643. The van der Waals surface area contributed by atoms with Crippen LogP contribution < -0.4 is 5.73 Å². The SMILES string of the molecule is CC1CCC(c2noc([C@@H](N)Cc3cnc[nH]3)n2)CC1. The predicted molar refractivity (Wildman–Crippen MR) is 73.9 cm³/mol. The monoisotopic (exact) mass is 275 g/mol. The minimum absolute atomic E-state index is 0.279. The molecule has 1 aliphatic carbocycles. The Bertz CT molecular complexity index is 528. The maximum absolute atomic E-state index is 6.11. The van der Waals surface area contributed by atoms with E-state index in [1.165, 1.54) is 12.8 Å². The van der Waals surface area contributed by atoms with Gasteiger partial charge in [-0.1, -0.05) is 24.9 Å². The van der Waals surface area contributed by atoms with E-state index in [1.54, 1.807) is 12.5 Å². The lowest BCUT2D eigenvalue weighted by Crippen LogP contribution is -2.15. The number of nitrogens with two attached hydrogens (primary N) is 1. The molecular formula is C14H21N5O. The fourth-order valence-corrected chi connectivity index (χ4v) is 2.80. The van der Waals surface area contributed by atoms with Gasteiger partial charge in [0.2, 0.25) is 5.89 Å². The first kappa shape index (κ1) is 13.3. The van der Waals surface area contributed by atoms with Crippen molar-refractivity contribution >= 4 is 0 Å². The van der Waals surface area contributed by atoms with E-state index in [4.69, 9.17) is 10.3 Å². The second kappa shape index (κ2) is 5.75. The second-order valence-corrected chi connectivity index (χ2v) is 5.84. The molecule has 6 nitrogen and oxygen atoms in total. The van der Waals surface area contributed by atoms with E-state index in [2.05, 4.69) is 27.0 Å². The van der Waals surface area contributed by atoms with Crippen LogP contribution in [-0.2, 0) is 6.42 Å². The molecule has 1 atom stereocenters. The molecule has 6 heteroatoms. The Morgan fingerprint density at radius 2 is 2.20 bits per heavy atom. The van der Waals surface area contributed by atoms with Gasteiger partial charge in [-0.2, -0.15) is 4.98 Å². The van der Waals surface area contributed by atoms with Gasteiger partial charge in [0.05, 0.1) is 12.4 Å². The first-order valence-electron chi connectivity index (χ1n) is 7.28. The van der Waals surface area contributed by atoms with Gasteiger partial charge in [0, 0.05) is 24.2 Å². The van der Waals surface area contributed by atoms with Crippen LogP contribution >= 0.6 is 0 Å². The van der Waals surface area contributed by atoms with Crippen molar-refractivity contribution in [2.24, 2.45) is 11.7 Å². The molecule has 108 valence electrons. The van der Waals surface area contributed by atoms with Crippen molar-refractivity contribution in [1.82, 2.24) is 20.1 Å². The number of imidazole rings is 1. The molecule has 1 fully saturated rings. The van der Waals surface area contributed by atoms with Crippen molar-refractivity contribution < 1.29 is 4.52 Å². The minimum Gasteiger partial charge on any atom is -0.348 e. The lowest BCUT2D eigenvalue weighted by Gasteiger charge is -2.23. The molecule has 0 unspecified atom stereocenters. The topological polar surface area (TPSA) is 93.6 Å². The van der Waals surface area contributed by atoms with E-state index < -0.39 is 0 Å². The van der Waals surface area contributed by atoms with Gasteiger partial charge in [-0.25, -0.2) is 4.98 Å². The Labute approximate surface area is 118 Å². The number of rotatable bonds is 4. The summed E-state index contributed by atoms with van der Waals surface area (Å²) in [5, 5.41) is 4.12. The highest BCUT2D eigenvalue weighted by atomic mass is 16.5. The molecule has 2 heterocycles. The largest absolute Gasteiger partial charge is 0.348 e. The van der Waals surface area contributed by atoms with Crippen LogP contribution in [0.5, 0.6) is 0 Å². The fourth-order valence-electron chi connectivity index (χ4n) is 2.80. The first-order chi connectivity index (χ1) is 9.72. The zero-order valence-electron chi connectivity index (χ0n) is 11.7. The number of H-pyrrole nitrogens is 1. The van der Waals surface area contributed by atoms with E-state index in [9.17, 15) is 0 Å². The molecule has 1 aliphatic rings. The van der Waals surface area contributed by atoms with Crippen molar-refractivity contribution in [2.45, 2.75) is 51.0 Å². The van der Waals surface area contributed by atoms with Crippen LogP contribution in [0.4, 0.5) is 0 Å². The Kier molecular flexibility index (Phi) is 3.82. The van der Waals surface area contributed by atoms with Crippen LogP contribution in [0.3, 0.4) is 0 Å². The van der Waals surface area contributed by atoms with Crippen LogP contribution in [0.25, 0.3) is 0 Å². The molecule has 0 bridgehead atoms. The molecule has 0 saturated heterocycles. The number of aromatic nitrogens is 4. The first-order valence-corrected chi connectivity index (χ1v) is 7.28. The van der Waals surface area contributed by atoms with Gasteiger partial charge in [0.15, 0.2) is 5.82 Å². The van der Waals surface area contributed by atoms with Gasteiger partial charge in [-0.05, 0) is 18.8 Å².